The molecule has 1 atom stereocenters. The van der Waals surface area contributed by atoms with Crippen molar-refractivity contribution in [3.8, 4) is 0 Å². The third-order valence-electron chi connectivity index (χ3n) is 6.42. The number of rotatable bonds is 3. The Morgan fingerprint density at radius 3 is 2.46 bits per heavy atom. The average molecular weight is 387 g/mol. The van der Waals surface area contributed by atoms with Gasteiger partial charge in [0.15, 0.2) is 0 Å². The fourth-order valence-corrected chi connectivity index (χ4v) is 4.70. The summed E-state index contributed by atoms with van der Waals surface area (Å²) in [5, 5.41) is 2.30. The second kappa shape index (κ2) is 7.18. The van der Waals surface area contributed by atoms with Crippen molar-refractivity contribution in [2.75, 3.05) is 18.0 Å². The van der Waals surface area contributed by atoms with Crippen LogP contribution >= 0.6 is 0 Å². The zero-order valence-electron chi connectivity index (χ0n) is 16.3. The first-order valence-electron chi connectivity index (χ1n) is 10.1. The fraction of sp³-hybridized carbons (Fsp3) is 0.571. The Bertz CT molecular complexity index is 830. The van der Waals surface area contributed by atoms with E-state index in [0.29, 0.717) is 23.8 Å². The van der Waals surface area contributed by atoms with Crippen LogP contribution in [0.2, 0.25) is 0 Å². The second-order valence-corrected chi connectivity index (χ2v) is 8.42. The lowest BCUT2D eigenvalue weighted by Gasteiger charge is -2.36. The molecule has 4 rings (SSSR count). The van der Waals surface area contributed by atoms with Gasteiger partial charge in [-0.2, -0.15) is 0 Å². The lowest BCUT2D eigenvalue weighted by atomic mass is 9.86. The molecule has 1 N–H and O–H groups in total. The van der Waals surface area contributed by atoms with E-state index in [4.69, 9.17) is 0 Å². The summed E-state index contributed by atoms with van der Waals surface area (Å²) in [6.45, 7) is 6.42. The largest absolute Gasteiger partial charge is 0.371 e. The molecule has 6 nitrogen and oxygen atoms in total. The molecule has 1 aromatic carbocycles. The summed E-state index contributed by atoms with van der Waals surface area (Å²) in [5.74, 6) is -0.229. The highest BCUT2D eigenvalue weighted by molar-refractivity contribution is 6.06. The fourth-order valence-electron chi connectivity index (χ4n) is 4.70. The van der Waals surface area contributed by atoms with Crippen LogP contribution in [0.15, 0.2) is 12.1 Å². The van der Waals surface area contributed by atoms with Gasteiger partial charge < -0.3 is 9.80 Å². The number of carbonyl (C=O) groups excluding carboxylic acids is 3. The lowest BCUT2D eigenvalue weighted by molar-refractivity contribution is -0.136. The quantitative estimate of drug-likeness (QED) is 0.809. The first-order valence-corrected chi connectivity index (χ1v) is 10.1. The minimum atomic E-state index is -0.680. The number of benzene rings is 1. The van der Waals surface area contributed by atoms with Gasteiger partial charge in [0.05, 0.1) is 0 Å². The van der Waals surface area contributed by atoms with Gasteiger partial charge in [0.1, 0.15) is 11.9 Å². The summed E-state index contributed by atoms with van der Waals surface area (Å²) >= 11 is 0. The maximum Gasteiger partial charge on any atom is 0.255 e. The maximum absolute atomic E-state index is 14.3. The van der Waals surface area contributed by atoms with E-state index in [1.807, 2.05) is 0 Å². The van der Waals surface area contributed by atoms with Crippen LogP contribution in [0.25, 0.3) is 0 Å². The third kappa shape index (κ3) is 3.27. The minimum absolute atomic E-state index is 0.209. The zero-order valence-corrected chi connectivity index (χ0v) is 16.3. The maximum atomic E-state index is 14.3. The second-order valence-electron chi connectivity index (χ2n) is 8.42. The van der Waals surface area contributed by atoms with Crippen LogP contribution in [0.1, 0.15) is 55.5 Å². The molecule has 0 saturated carbocycles. The summed E-state index contributed by atoms with van der Waals surface area (Å²) in [4.78, 5) is 40.2. The third-order valence-corrected chi connectivity index (χ3v) is 6.42. The molecule has 0 radical (unpaired) electrons. The van der Waals surface area contributed by atoms with Gasteiger partial charge in [-0.1, -0.05) is 13.8 Å². The van der Waals surface area contributed by atoms with E-state index in [-0.39, 0.29) is 24.8 Å². The van der Waals surface area contributed by atoms with Crippen molar-refractivity contribution in [3.05, 3.63) is 29.1 Å². The van der Waals surface area contributed by atoms with Gasteiger partial charge in [-0.3, -0.25) is 19.7 Å². The van der Waals surface area contributed by atoms with Crippen LogP contribution in [0, 0.1) is 17.7 Å². The van der Waals surface area contributed by atoms with Crippen LogP contribution < -0.4 is 10.2 Å². The van der Waals surface area contributed by atoms with Gasteiger partial charge in [-0.25, -0.2) is 4.39 Å². The highest BCUT2D eigenvalue weighted by atomic mass is 19.1. The van der Waals surface area contributed by atoms with Gasteiger partial charge in [0.25, 0.3) is 5.91 Å². The Labute approximate surface area is 164 Å². The predicted molar refractivity (Wildman–Crippen MR) is 102 cm³/mol. The van der Waals surface area contributed by atoms with Crippen molar-refractivity contribution in [2.45, 2.75) is 52.1 Å². The Hall–Kier alpha value is -2.44. The molecule has 150 valence electrons. The molecular formula is C21H26FN3O3. The van der Waals surface area contributed by atoms with Crippen LogP contribution in [-0.4, -0.2) is 41.8 Å². The van der Waals surface area contributed by atoms with Gasteiger partial charge in [0.2, 0.25) is 11.8 Å². The van der Waals surface area contributed by atoms with Crippen molar-refractivity contribution in [1.82, 2.24) is 10.2 Å². The SMILES string of the molecule is CC(C)C1CCN(c2cc(F)cc3c2CN(C2CCC(=O)NC2=O)C3=O)CC1. The molecule has 2 saturated heterocycles. The Morgan fingerprint density at radius 2 is 1.82 bits per heavy atom. The number of nitrogens with one attached hydrogen (secondary N) is 1. The average Bonchev–Trinajstić information content (AvgIpc) is 2.98. The molecule has 7 heteroatoms. The summed E-state index contributed by atoms with van der Waals surface area (Å²) in [5.41, 5.74) is 1.89. The lowest BCUT2D eigenvalue weighted by Crippen LogP contribution is -2.52. The first kappa shape index (κ1) is 18.9. The summed E-state index contributed by atoms with van der Waals surface area (Å²) < 4.78 is 14.3. The molecule has 0 aromatic heterocycles. The predicted octanol–water partition coefficient (Wildman–Crippen LogP) is 2.46. The highest BCUT2D eigenvalue weighted by Crippen LogP contribution is 2.37. The van der Waals surface area contributed by atoms with Gasteiger partial charge in [-0.05, 0) is 43.2 Å². The molecule has 2 fully saturated rings. The van der Waals surface area contributed by atoms with Crippen molar-refractivity contribution >= 4 is 23.4 Å². The Balaban J connectivity index is 1.59. The van der Waals surface area contributed by atoms with Crippen LogP contribution in [0.3, 0.4) is 0 Å². The van der Waals surface area contributed by atoms with E-state index in [1.165, 1.54) is 17.0 Å². The van der Waals surface area contributed by atoms with Gasteiger partial charge in [0, 0.05) is 42.9 Å². The Morgan fingerprint density at radius 1 is 1.11 bits per heavy atom. The number of carbonyl (C=O) groups is 3. The number of halogens is 1. The number of hydrogen-bond donors (Lipinski definition) is 1. The molecule has 3 aliphatic rings. The zero-order chi connectivity index (χ0) is 20.0. The van der Waals surface area contributed by atoms with E-state index in [0.717, 1.165) is 37.2 Å². The number of hydrogen-bond acceptors (Lipinski definition) is 4. The van der Waals surface area contributed by atoms with Crippen LogP contribution in [-0.2, 0) is 16.1 Å². The molecule has 0 aliphatic carbocycles. The number of anilines is 1. The molecule has 1 aromatic rings. The summed E-state index contributed by atoms with van der Waals surface area (Å²) in [7, 11) is 0. The van der Waals surface area contributed by atoms with Crippen molar-refractivity contribution in [3.63, 3.8) is 0 Å². The van der Waals surface area contributed by atoms with E-state index >= 15 is 0 Å². The molecule has 1 unspecified atom stereocenters. The summed E-state index contributed by atoms with van der Waals surface area (Å²) in [6.07, 6.45) is 2.62. The monoisotopic (exact) mass is 387 g/mol. The van der Waals surface area contributed by atoms with Crippen molar-refractivity contribution in [2.24, 2.45) is 11.8 Å². The molecule has 3 heterocycles. The van der Waals surface area contributed by atoms with E-state index in [1.54, 1.807) is 0 Å². The number of nitrogens with zero attached hydrogens (tertiary/aromatic N) is 2. The molecule has 28 heavy (non-hydrogen) atoms. The number of fused-ring (bicyclic) bond motifs is 1. The topological polar surface area (TPSA) is 69.7 Å². The van der Waals surface area contributed by atoms with Crippen LogP contribution in [0.5, 0.6) is 0 Å². The van der Waals surface area contributed by atoms with E-state index in [9.17, 15) is 18.8 Å². The van der Waals surface area contributed by atoms with Crippen molar-refractivity contribution in [1.29, 1.82) is 0 Å². The first-order chi connectivity index (χ1) is 13.3. The van der Waals surface area contributed by atoms with Gasteiger partial charge in [-0.15, -0.1) is 0 Å². The standard InChI is InChI=1S/C21H26FN3O3/c1-12(2)13-5-7-24(8-6-13)18-10-14(22)9-15-16(18)11-25(21(15)28)17-3-4-19(26)23-20(17)27/h9-10,12-13,17H,3-8,11H2,1-2H3,(H,23,26,27). The molecule has 3 aliphatic heterocycles. The van der Waals surface area contributed by atoms with Crippen LogP contribution in [0.4, 0.5) is 10.1 Å². The molecular weight excluding hydrogens is 361 g/mol. The molecule has 0 spiro atoms. The number of imide groups is 1. The smallest absolute Gasteiger partial charge is 0.255 e. The highest BCUT2D eigenvalue weighted by Gasteiger charge is 2.41. The van der Waals surface area contributed by atoms with E-state index < -0.39 is 17.8 Å². The summed E-state index contributed by atoms with van der Waals surface area (Å²) in [6, 6.07) is 2.10. The number of amides is 3. The van der Waals surface area contributed by atoms with Gasteiger partial charge >= 0.3 is 0 Å². The van der Waals surface area contributed by atoms with E-state index in [2.05, 4.69) is 24.1 Å². The minimum Gasteiger partial charge on any atom is -0.371 e. The molecule has 3 amide bonds. The molecule has 0 bridgehead atoms. The number of piperidine rings is 2. The normalized spacial score (nSPS) is 23.4. The van der Waals surface area contributed by atoms with Crippen molar-refractivity contribution < 1.29 is 18.8 Å². The Kier molecular flexibility index (Phi) is 4.85.